The summed E-state index contributed by atoms with van der Waals surface area (Å²) in [5, 5.41) is 13.0. The van der Waals surface area contributed by atoms with Gasteiger partial charge in [0.2, 0.25) is 0 Å². The minimum Gasteiger partial charge on any atom is -0.383 e. The highest BCUT2D eigenvalue weighted by Crippen LogP contribution is 2.33. The topological polar surface area (TPSA) is 75.1 Å². The van der Waals surface area contributed by atoms with E-state index in [9.17, 15) is 4.79 Å². The van der Waals surface area contributed by atoms with Gasteiger partial charge in [-0.15, -0.1) is 0 Å². The number of nitrogens with zero attached hydrogens (tertiary/aromatic N) is 4. The van der Waals surface area contributed by atoms with E-state index in [2.05, 4.69) is 66.5 Å². The molecule has 2 fully saturated rings. The monoisotopic (exact) mass is 502 g/mol. The number of carbonyl (C=O) groups excluding carboxylic acids is 1. The van der Waals surface area contributed by atoms with Crippen LogP contribution in [0.1, 0.15) is 80.3 Å². The number of para-hydroxylation sites is 1. The molecule has 37 heavy (non-hydrogen) atoms. The quantitative estimate of drug-likeness (QED) is 0.386. The largest absolute Gasteiger partial charge is 0.383 e. The number of rotatable bonds is 8. The number of aromatic nitrogens is 3. The number of carbonyl (C=O) groups is 1. The molecule has 2 aromatic heterocycles. The predicted molar refractivity (Wildman–Crippen MR) is 151 cm³/mol. The Morgan fingerprint density at radius 3 is 2.54 bits per heavy atom. The molecule has 7 nitrogen and oxygen atoms in total. The molecule has 2 aliphatic rings. The van der Waals surface area contributed by atoms with E-state index in [0.29, 0.717) is 17.5 Å². The molecule has 2 atom stereocenters. The van der Waals surface area contributed by atoms with Crippen molar-refractivity contribution in [3.8, 4) is 0 Å². The van der Waals surface area contributed by atoms with Crippen LogP contribution in [-0.4, -0.2) is 50.7 Å². The summed E-state index contributed by atoms with van der Waals surface area (Å²) in [4.78, 5) is 20.9. The van der Waals surface area contributed by atoms with Crippen molar-refractivity contribution in [2.24, 2.45) is 5.92 Å². The highest BCUT2D eigenvalue weighted by molar-refractivity contribution is 6.06. The second-order valence-electron chi connectivity index (χ2n) is 11.0. The normalized spacial score (nSPS) is 19.4. The average molecular weight is 503 g/mol. The van der Waals surface area contributed by atoms with Crippen molar-refractivity contribution in [2.75, 3.05) is 23.7 Å². The molecular weight excluding hydrogens is 460 g/mol. The molecule has 2 N–H and O–H groups in total. The van der Waals surface area contributed by atoms with Crippen molar-refractivity contribution in [1.29, 1.82) is 0 Å². The Morgan fingerprint density at radius 2 is 1.81 bits per heavy atom. The Balaban J connectivity index is 1.42. The number of likely N-dealkylation sites (tertiary alicyclic amines) is 1. The van der Waals surface area contributed by atoms with Crippen LogP contribution in [0, 0.1) is 19.8 Å². The minimum absolute atomic E-state index is 0.0720. The Kier molecular flexibility index (Phi) is 7.68. The highest BCUT2D eigenvalue weighted by atomic mass is 16.2. The van der Waals surface area contributed by atoms with Gasteiger partial charge in [-0.25, -0.2) is 9.67 Å². The highest BCUT2D eigenvalue weighted by Gasteiger charge is 2.32. The van der Waals surface area contributed by atoms with E-state index >= 15 is 0 Å². The van der Waals surface area contributed by atoms with Gasteiger partial charge < -0.3 is 15.5 Å². The van der Waals surface area contributed by atoms with Gasteiger partial charge in [0, 0.05) is 43.6 Å². The number of aryl methyl sites for hydroxylation is 3. The summed E-state index contributed by atoms with van der Waals surface area (Å²) in [5.41, 5.74) is 6.07. The van der Waals surface area contributed by atoms with Crippen LogP contribution in [0.15, 0.2) is 30.6 Å². The maximum Gasteiger partial charge on any atom is 0.257 e. The van der Waals surface area contributed by atoms with Gasteiger partial charge in [-0.3, -0.25) is 4.79 Å². The first kappa shape index (κ1) is 25.6. The van der Waals surface area contributed by atoms with Gasteiger partial charge >= 0.3 is 0 Å². The van der Waals surface area contributed by atoms with Crippen molar-refractivity contribution in [1.82, 2.24) is 19.7 Å². The van der Waals surface area contributed by atoms with E-state index < -0.39 is 0 Å². The number of anilines is 2. The van der Waals surface area contributed by atoms with Gasteiger partial charge in [0.15, 0.2) is 5.65 Å². The third-order valence-corrected chi connectivity index (χ3v) is 8.56. The first-order valence-corrected chi connectivity index (χ1v) is 14.2. The molecule has 198 valence electrons. The summed E-state index contributed by atoms with van der Waals surface area (Å²) in [5.74, 6) is 0.699. The molecule has 1 amide bonds. The van der Waals surface area contributed by atoms with Crippen LogP contribution in [0.2, 0.25) is 0 Å². The molecule has 3 aromatic rings. The van der Waals surface area contributed by atoms with E-state index in [1.165, 1.54) is 48.9 Å². The third kappa shape index (κ3) is 5.18. The molecule has 3 heterocycles. The molecule has 1 saturated carbocycles. The number of fused-ring (bicyclic) bond motifs is 1. The molecule has 0 bridgehead atoms. The van der Waals surface area contributed by atoms with E-state index in [-0.39, 0.29) is 11.9 Å². The van der Waals surface area contributed by atoms with E-state index in [1.54, 1.807) is 6.20 Å². The summed E-state index contributed by atoms with van der Waals surface area (Å²) in [6.45, 7) is 10.9. The van der Waals surface area contributed by atoms with E-state index in [0.717, 1.165) is 49.2 Å². The number of amides is 1. The number of hydrogen-bond acceptors (Lipinski definition) is 5. The van der Waals surface area contributed by atoms with Crippen molar-refractivity contribution in [3.63, 3.8) is 0 Å². The zero-order chi connectivity index (χ0) is 25.9. The maximum atomic E-state index is 14.1. The first-order chi connectivity index (χ1) is 18.0. The Hall–Kier alpha value is -3.09. The Bertz CT molecular complexity index is 1220. The molecular formula is C30H42N6O. The summed E-state index contributed by atoms with van der Waals surface area (Å²) in [6.07, 6.45) is 12.1. The molecule has 5 rings (SSSR count). The summed E-state index contributed by atoms with van der Waals surface area (Å²) < 4.78 is 1.91. The van der Waals surface area contributed by atoms with Crippen molar-refractivity contribution in [3.05, 3.63) is 47.3 Å². The lowest BCUT2D eigenvalue weighted by Crippen LogP contribution is -2.40. The van der Waals surface area contributed by atoms with Crippen LogP contribution in [0.25, 0.3) is 11.0 Å². The molecule has 0 spiro atoms. The first-order valence-electron chi connectivity index (χ1n) is 14.2. The number of pyridine rings is 1. The number of nitrogens with one attached hydrogen (secondary N) is 2. The molecule has 1 saturated heterocycles. The van der Waals surface area contributed by atoms with Crippen molar-refractivity contribution >= 4 is 28.3 Å². The Morgan fingerprint density at radius 1 is 1.05 bits per heavy atom. The maximum absolute atomic E-state index is 14.1. The van der Waals surface area contributed by atoms with Gasteiger partial charge in [0.1, 0.15) is 0 Å². The van der Waals surface area contributed by atoms with Gasteiger partial charge in [-0.05, 0) is 70.4 Å². The van der Waals surface area contributed by atoms with Crippen LogP contribution in [0.4, 0.5) is 11.4 Å². The standard InChI is InChI=1S/C30H42N6O/c1-5-36-29-25(19-33-36)28(34-22(4)23-13-7-6-8-14-23)26(18-32-29)30(37)35-16-10-15-24(35)17-31-27-20(2)11-9-12-21(27)3/h9,11-12,18-19,22-24,31H,5-8,10,13-17H2,1-4H3,(H,32,34)/t22-,24-/m0/s1. The fraction of sp³-hybridized carbons (Fsp3) is 0.567. The molecule has 0 unspecified atom stereocenters. The Labute approximate surface area is 221 Å². The number of hydrogen-bond donors (Lipinski definition) is 2. The molecule has 1 aromatic carbocycles. The van der Waals surface area contributed by atoms with Gasteiger partial charge in [-0.1, -0.05) is 37.5 Å². The van der Waals surface area contributed by atoms with Crippen LogP contribution in [-0.2, 0) is 6.54 Å². The smallest absolute Gasteiger partial charge is 0.257 e. The second-order valence-corrected chi connectivity index (χ2v) is 11.0. The summed E-state index contributed by atoms with van der Waals surface area (Å²) in [6, 6.07) is 6.81. The molecule has 0 radical (unpaired) electrons. The molecule has 1 aliphatic heterocycles. The average Bonchev–Trinajstić information content (AvgIpc) is 3.56. The lowest BCUT2D eigenvalue weighted by Gasteiger charge is -2.31. The SMILES string of the molecule is CCn1ncc2c(N[C@@H](C)C3CCCCC3)c(C(=O)N3CCC[C@H]3CNc3c(C)cccc3C)cnc21. The fourth-order valence-electron chi connectivity index (χ4n) is 6.34. The van der Waals surface area contributed by atoms with Crippen LogP contribution < -0.4 is 10.6 Å². The molecule has 1 aliphatic carbocycles. The fourth-order valence-corrected chi connectivity index (χ4v) is 6.34. The van der Waals surface area contributed by atoms with Gasteiger partial charge in [-0.2, -0.15) is 5.10 Å². The third-order valence-electron chi connectivity index (χ3n) is 8.56. The zero-order valence-corrected chi connectivity index (χ0v) is 22.9. The van der Waals surface area contributed by atoms with Gasteiger partial charge in [0.05, 0.1) is 22.8 Å². The summed E-state index contributed by atoms with van der Waals surface area (Å²) in [7, 11) is 0. The van der Waals surface area contributed by atoms with Crippen LogP contribution in [0.3, 0.4) is 0 Å². The lowest BCUT2D eigenvalue weighted by atomic mass is 9.84. The lowest BCUT2D eigenvalue weighted by molar-refractivity contribution is 0.0744. The van der Waals surface area contributed by atoms with E-state index in [4.69, 9.17) is 4.98 Å². The van der Waals surface area contributed by atoms with Crippen LogP contribution >= 0.6 is 0 Å². The summed E-state index contributed by atoms with van der Waals surface area (Å²) >= 11 is 0. The second kappa shape index (κ2) is 11.1. The van der Waals surface area contributed by atoms with Crippen molar-refractivity contribution < 1.29 is 4.79 Å². The molecule has 7 heteroatoms. The van der Waals surface area contributed by atoms with E-state index in [1.807, 2.05) is 10.9 Å². The predicted octanol–water partition coefficient (Wildman–Crippen LogP) is 6.17. The number of benzene rings is 1. The van der Waals surface area contributed by atoms with Crippen LogP contribution in [0.5, 0.6) is 0 Å². The minimum atomic E-state index is 0.0720. The van der Waals surface area contributed by atoms with Crippen molar-refractivity contribution in [2.45, 2.75) is 91.3 Å². The zero-order valence-electron chi connectivity index (χ0n) is 22.9. The van der Waals surface area contributed by atoms with Gasteiger partial charge in [0.25, 0.3) is 5.91 Å².